The molecule has 102 valence electrons. The highest BCUT2D eigenvalue weighted by Crippen LogP contribution is 2.41. The molecule has 0 aromatic heterocycles. The maximum Gasteiger partial charge on any atom is 0.307 e. The third-order valence-corrected chi connectivity index (χ3v) is 5.55. The van der Waals surface area contributed by atoms with Gasteiger partial charge in [0.15, 0.2) is 0 Å². The lowest BCUT2D eigenvalue weighted by molar-refractivity contribution is -0.141. The molecule has 0 amide bonds. The number of rotatable bonds is 4. The number of aliphatic carboxylic acids is 1. The molecule has 2 atom stereocenters. The van der Waals surface area contributed by atoms with E-state index in [9.17, 15) is 4.79 Å². The Morgan fingerprint density at radius 3 is 2.74 bits per heavy atom. The quantitative estimate of drug-likeness (QED) is 0.888. The molecule has 1 saturated heterocycles. The van der Waals surface area contributed by atoms with Crippen LogP contribution in [0, 0.1) is 5.92 Å². The van der Waals surface area contributed by atoms with Crippen LogP contribution in [-0.2, 0) is 4.79 Å². The van der Waals surface area contributed by atoms with E-state index in [0.717, 1.165) is 5.25 Å². The summed E-state index contributed by atoms with van der Waals surface area (Å²) in [5.41, 5.74) is 1.28. The molecule has 19 heavy (non-hydrogen) atoms. The first-order valence-corrected chi connectivity index (χ1v) is 7.84. The number of carboxylic acid groups (broad SMARTS) is 1. The van der Waals surface area contributed by atoms with E-state index in [1.165, 1.54) is 29.7 Å². The first-order chi connectivity index (χ1) is 9.24. The SMILES string of the molecule is O=C(O)C1CNC(c2ccccc2SC2CCC2)C1. The topological polar surface area (TPSA) is 49.3 Å². The fraction of sp³-hybridized carbons (Fsp3) is 0.533. The van der Waals surface area contributed by atoms with E-state index < -0.39 is 5.97 Å². The molecule has 1 aliphatic carbocycles. The van der Waals surface area contributed by atoms with Crippen LogP contribution in [0.15, 0.2) is 29.2 Å². The Bertz CT molecular complexity index is 473. The Hall–Kier alpha value is -1.00. The lowest BCUT2D eigenvalue weighted by Crippen LogP contribution is -2.18. The average molecular weight is 277 g/mol. The zero-order chi connectivity index (χ0) is 13.2. The van der Waals surface area contributed by atoms with Gasteiger partial charge in [-0.05, 0) is 30.9 Å². The van der Waals surface area contributed by atoms with Crippen molar-refractivity contribution in [3.8, 4) is 0 Å². The van der Waals surface area contributed by atoms with Gasteiger partial charge in [-0.2, -0.15) is 0 Å². The Morgan fingerprint density at radius 1 is 1.32 bits per heavy atom. The van der Waals surface area contributed by atoms with Gasteiger partial charge in [-0.1, -0.05) is 24.6 Å². The molecule has 1 aromatic carbocycles. The van der Waals surface area contributed by atoms with Gasteiger partial charge in [0.2, 0.25) is 0 Å². The Morgan fingerprint density at radius 2 is 2.11 bits per heavy atom. The Kier molecular flexibility index (Phi) is 3.80. The normalized spacial score (nSPS) is 27.2. The van der Waals surface area contributed by atoms with Crippen molar-refractivity contribution in [2.24, 2.45) is 5.92 Å². The molecular formula is C15H19NO2S. The van der Waals surface area contributed by atoms with Crippen molar-refractivity contribution >= 4 is 17.7 Å². The van der Waals surface area contributed by atoms with Gasteiger partial charge in [-0.15, -0.1) is 11.8 Å². The molecule has 1 saturated carbocycles. The summed E-state index contributed by atoms with van der Waals surface area (Å²) >= 11 is 1.97. The van der Waals surface area contributed by atoms with E-state index in [1.54, 1.807) is 0 Å². The summed E-state index contributed by atoms with van der Waals surface area (Å²) in [6.07, 6.45) is 4.68. The summed E-state index contributed by atoms with van der Waals surface area (Å²) < 4.78 is 0. The van der Waals surface area contributed by atoms with Crippen molar-refractivity contribution in [1.82, 2.24) is 5.32 Å². The molecule has 0 radical (unpaired) electrons. The number of thioether (sulfide) groups is 1. The van der Waals surface area contributed by atoms with Crippen LogP contribution in [0.1, 0.15) is 37.3 Å². The maximum atomic E-state index is 11.1. The zero-order valence-corrected chi connectivity index (χ0v) is 11.7. The zero-order valence-electron chi connectivity index (χ0n) is 10.8. The molecular weight excluding hydrogens is 258 g/mol. The predicted octanol–water partition coefficient (Wildman–Crippen LogP) is 3.07. The lowest BCUT2D eigenvalue weighted by atomic mass is 10.00. The van der Waals surface area contributed by atoms with Gasteiger partial charge in [0.1, 0.15) is 0 Å². The monoisotopic (exact) mass is 277 g/mol. The van der Waals surface area contributed by atoms with Gasteiger partial charge < -0.3 is 10.4 Å². The summed E-state index contributed by atoms with van der Waals surface area (Å²) in [6.45, 7) is 0.586. The highest BCUT2D eigenvalue weighted by molar-refractivity contribution is 8.00. The van der Waals surface area contributed by atoms with Crippen molar-refractivity contribution in [3.05, 3.63) is 29.8 Å². The van der Waals surface area contributed by atoms with Crippen LogP contribution in [0.4, 0.5) is 0 Å². The molecule has 2 unspecified atom stereocenters. The number of carbonyl (C=O) groups is 1. The fourth-order valence-electron chi connectivity index (χ4n) is 2.70. The highest BCUT2D eigenvalue weighted by Gasteiger charge is 2.31. The number of carboxylic acids is 1. The molecule has 2 fully saturated rings. The van der Waals surface area contributed by atoms with Gasteiger partial charge in [0.05, 0.1) is 5.92 Å². The Labute approximate surface area is 117 Å². The molecule has 3 rings (SSSR count). The van der Waals surface area contributed by atoms with Crippen LogP contribution in [0.3, 0.4) is 0 Å². The number of nitrogens with one attached hydrogen (secondary N) is 1. The number of hydrogen-bond donors (Lipinski definition) is 2. The van der Waals surface area contributed by atoms with Crippen molar-refractivity contribution in [2.45, 2.75) is 41.9 Å². The first-order valence-electron chi connectivity index (χ1n) is 6.96. The van der Waals surface area contributed by atoms with Gasteiger partial charge in [0.25, 0.3) is 0 Å². The summed E-state index contributed by atoms with van der Waals surface area (Å²) in [5.74, 6) is -0.925. The van der Waals surface area contributed by atoms with Crippen LogP contribution in [0.5, 0.6) is 0 Å². The van der Waals surface area contributed by atoms with E-state index in [-0.39, 0.29) is 12.0 Å². The van der Waals surface area contributed by atoms with Crippen LogP contribution < -0.4 is 5.32 Å². The minimum atomic E-state index is -0.681. The molecule has 4 heteroatoms. The number of benzene rings is 1. The van der Waals surface area contributed by atoms with Crippen LogP contribution in [0.2, 0.25) is 0 Å². The maximum absolute atomic E-state index is 11.1. The summed E-state index contributed by atoms with van der Waals surface area (Å²) in [7, 11) is 0. The minimum absolute atomic E-state index is 0.199. The van der Waals surface area contributed by atoms with Crippen molar-refractivity contribution in [2.75, 3.05) is 6.54 Å². The van der Waals surface area contributed by atoms with E-state index in [1.807, 2.05) is 11.8 Å². The van der Waals surface area contributed by atoms with Gasteiger partial charge in [0, 0.05) is 22.7 Å². The number of hydrogen-bond acceptors (Lipinski definition) is 3. The van der Waals surface area contributed by atoms with Crippen LogP contribution in [0.25, 0.3) is 0 Å². The molecule has 1 aliphatic heterocycles. The summed E-state index contributed by atoms with van der Waals surface area (Å²) in [4.78, 5) is 12.4. The summed E-state index contributed by atoms with van der Waals surface area (Å²) in [5, 5.41) is 13.2. The van der Waals surface area contributed by atoms with E-state index in [0.29, 0.717) is 13.0 Å². The molecule has 0 spiro atoms. The largest absolute Gasteiger partial charge is 0.481 e. The van der Waals surface area contributed by atoms with Crippen LogP contribution >= 0.6 is 11.8 Å². The van der Waals surface area contributed by atoms with Crippen molar-refractivity contribution in [1.29, 1.82) is 0 Å². The predicted molar refractivity (Wildman–Crippen MR) is 76.4 cm³/mol. The second kappa shape index (κ2) is 5.55. The highest BCUT2D eigenvalue weighted by atomic mass is 32.2. The second-order valence-electron chi connectivity index (χ2n) is 5.44. The van der Waals surface area contributed by atoms with E-state index in [4.69, 9.17) is 5.11 Å². The lowest BCUT2D eigenvalue weighted by Gasteiger charge is -2.26. The van der Waals surface area contributed by atoms with Gasteiger partial charge in [-0.25, -0.2) is 0 Å². The molecule has 2 N–H and O–H groups in total. The van der Waals surface area contributed by atoms with Crippen molar-refractivity contribution in [3.63, 3.8) is 0 Å². The molecule has 3 nitrogen and oxygen atoms in total. The van der Waals surface area contributed by atoms with E-state index >= 15 is 0 Å². The molecule has 2 aliphatic rings. The first kappa shape index (κ1) is 13.0. The molecule has 1 aromatic rings. The fourth-order valence-corrected chi connectivity index (χ4v) is 4.14. The third kappa shape index (κ3) is 2.79. The van der Waals surface area contributed by atoms with Gasteiger partial charge in [-0.3, -0.25) is 4.79 Å². The second-order valence-corrected chi connectivity index (χ2v) is 6.78. The minimum Gasteiger partial charge on any atom is -0.481 e. The average Bonchev–Trinajstić information content (AvgIpc) is 2.84. The summed E-state index contributed by atoms with van der Waals surface area (Å²) in [6, 6.07) is 8.64. The standard InChI is InChI=1S/C15H19NO2S/c17-15(18)10-8-13(16-9-10)12-6-1-2-7-14(12)19-11-4-3-5-11/h1-2,6-7,10-11,13,16H,3-5,8-9H2,(H,17,18). The molecule has 1 heterocycles. The Balaban J connectivity index is 1.74. The van der Waals surface area contributed by atoms with Crippen LogP contribution in [-0.4, -0.2) is 22.9 Å². The third-order valence-electron chi connectivity index (χ3n) is 4.12. The van der Waals surface area contributed by atoms with E-state index in [2.05, 4.69) is 29.6 Å². The molecule has 0 bridgehead atoms. The van der Waals surface area contributed by atoms with Crippen molar-refractivity contribution < 1.29 is 9.90 Å². The smallest absolute Gasteiger partial charge is 0.307 e. The van der Waals surface area contributed by atoms with Gasteiger partial charge >= 0.3 is 5.97 Å².